The van der Waals surface area contributed by atoms with E-state index in [1.165, 1.54) is 0 Å². The van der Waals surface area contributed by atoms with Crippen molar-refractivity contribution in [2.24, 2.45) is 5.41 Å². The molecule has 3 nitrogen and oxygen atoms in total. The van der Waals surface area contributed by atoms with Gasteiger partial charge < -0.3 is 9.84 Å². The average Bonchev–Trinajstić information content (AvgIpc) is 2.47. The summed E-state index contributed by atoms with van der Waals surface area (Å²) < 4.78 is 5.18. The van der Waals surface area contributed by atoms with Crippen LogP contribution in [-0.2, 0) is 0 Å². The second-order valence-corrected chi connectivity index (χ2v) is 5.18. The van der Waals surface area contributed by atoms with Crippen molar-refractivity contribution in [1.29, 1.82) is 0 Å². The first-order chi connectivity index (χ1) is 6.38. The lowest BCUT2D eigenvalue weighted by atomic mass is 9.97. The van der Waals surface area contributed by atoms with Crippen LogP contribution in [0.25, 0.3) is 0 Å². The molecular weight excluding hydrogens is 176 g/mol. The third-order valence-corrected chi connectivity index (χ3v) is 1.90. The topological polar surface area (TPSA) is 38.1 Å². The Labute approximate surface area is 85.9 Å². The van der Waals surface area contributed by atoms with E-state index in [-0.39, 0.29) is 5.41 Å². The molecule has 1 heterocycles. The van der Waals surface area contributed by atoms with Gasteiger partial charge in [0.2, 0.25) is 0 Å². The minimum atomic E-state index is 0.261. The largest absolute Gasteiger partial charge is 0.367 e. The van der Waals surface area contributed by atoms with Gasteiger partial charge in [-0.15, -0.1) is 0 Å². The molecule has 1 rings (SSSR count). The third kappa shape index (κ3) is 3.40. The second-order valence-electron chi connectivity index (χ2n) is 5.18. The van der Waals surface area contributed by atoms with Crippen LogP contribution >= 0.6 is 0 Å². The lowest BCUT2D eigenvalue weighted by Gasteiger charge is -2.17. The van der Waals surface area contributed by atoms with Crippen LogP contribution in [-0.4, -0.2) is 11.7 Å². The second kappa shape index (κ2) is 4.03. The standard InChI is InChI=1S/C11H20N2O/c1-8(2)9-6-10(13-14-9)12-7-11(3,4)5/h6,8H,7H2,1-5H3,(H,12,13). The molecule has 3 heteroatoms. The van der Waals surface area contributed by atoms with Gasteiger partial charge in [-0.1, -0.05) is 39.8 Å². The predicted octanol–water partition coefficient (Wildman–Crippen LogP) is 3.26. The maximum atomic E-state index is 5.18. The summed E-state index contributed by atoms with van der Waals surface area (Å²) >= 11 is 0. The molecule has 0 unspecified atom stereocenters. The van der Waals surface area contributed by atoms with E-state index in [1.54, 1.807) is 0 Å². The van der Waals surface area contributed by atoms with Crippen molar-refractivity contribution in [3.05, 3.63) is 11.8 Å². The maximum Gasteiger partial charge on any atom is 0.169 e. The van der Waals surface area contributed by atoms with Crippen LogP contribution in [0.1, 0.15) is 46.3 Å². The smallest absolute Gasteiger partial charge is 0.169 e. The van der Waals surface area contributed by atoms with E-state index in [0.717, 1.165) is 18.1 Å². The van der Waals surface area contributed by atoms with Crippen LogP contribution in [0.15, 0.2) is 10.6 Å². The molecule has 1 aromatic heterocycles. The fourth-order valence-electron chi connectivity index (χ4n) is 1.00. The Morgan fingerprint density at radius 2 is 2.07 bits per heavy atom. The number of nitrogens with zero attached hydrogens (tertiary/aromatic N) is 1. The van der Waals surface area contributed by atoms with Crippen molar-refractivity contribution in [1.82, 2.24) is 5.16 Å². The average molecular weight is 196 g/mol. The van der Waals surface area contributed by atoms with Gasteiger partial charge in [0.15, 0.2) is 5.82 Å². The Morgan fingerprint density at radius 1 is 1.43 bits per heavy atom. The highest BCUT2D eigenvalue weighted by molar-refractivity contribution is 5.34. The zero-order valence-electron chi connectivity index (χ0n) is 9.72. The summed E-state index contributed by atoms with van der Waals surface area (Å²) in [4.78, 5) is 0. The monoisotopic (exact) mass is 196 g/mol. The number of anilines is 1. The number of hydrogen-bond acceptors (Lipinski definition) is 3. The fourth-order valence-corrected chi connectivity index (χ4v) is 1.00. The zero-order chi connectivity index (χ0) is 10.8. The summed E-state index contributed by atoms with van der Waals surface area (Å²) in [5.74, 6) is 2.16. The van der Waals surface area contributed by atoms with Gasteiger partial charge in [-0.2, -0.15) is 0 Å². The van der Waals surface area contributed by atoms with E-state index < -0.39 is 0 Å². The van der Waals surface area contributed by atoms with Gasteiger partial charge in [0.1, 0.15) is 5.76 Å². The van der Waals surface area contributed by atoms with E-state index in [2.05, 4.69) is 45.1 Å². The van der Waals surface area contributed by atoms with Crippen molar-refractivity contribution >= 4 is 5.82 Å². The van der Waals surface area contributed by atoms with Gasteiger partial charge in [-0.25, -0.2) is 0 Å². The number of aromatic nitrogens is 1. The quantitative estimate of drug-likeness (QED) is 0.806. The van der Waals surface area contributed by atoms with Crippen LogP contribution in [0.3, 0.4) is 0 Å². The molecule has 0 aliphatic heterocycles. The van der Waals surface area contributed by atoms with Gasteiger partial charge in [0, 0.05) is 18.5 Å². The van der Waals surface area contributed by atoms with Crippen molar-refractivity contribution in [2.45, 2.75) is 40.5 Å². The zero-order valence-corrected chi connectivity index (χ0v) is 9.72. The predicted molar refractivity (Wildman–Crippen MR) is 58.5 cm³/mol. The molecule has 0 fully saturated rings. The van der Waals surface area contributed by atoms with E-state index in [0.29, 0.717) is 5.92 Å². The van der Waals surface area contributed by atoms with Crippen molar-refractivity contribution < 1.29 is 4.52 Å². The van der Waals surface area contributed by atoms with Crippen LogP contribution in [0.2, 0.25) is 0 Å². The molecule has 1 aromatic rings. The minimum absolute atomic E-state index is 0.261. The number of hydrogen-bond donors (Lipinski definition) is 1. The summed E-state index contributed by atoms with van der Waals surface area (Å²) in [6, 6.07) is 1.97. The Bertz CT molecular complexity index is 284. The van der Waals surface area contributed by atoms with E-state index in [1.807, 2.05) is 6.07 Å². The molecular formula is C11H20N2O. The summed E-state index contributed by atoms with van der Waals surface area (Å²) in [7, 11) is 0. The van der Waals surface area contributed by atoms with Gasteiger partial charge in [-0.3, -0.25) is 0 Å². The summed E-state index contributed by atoms with van der Waals surface area (Å²) in [5.41, 5.74) is 0.261. The Balaban J connectivity index is 2.52. The van der Waals surface area contributed by atoms with Gasteiger partial charge in [0.25, 0.3) is 0 Å². The van der Waals surface area contributed by atoms with Gasteiger partial charge in [0.05, 0.1) is 0 Å². The SMILES string of the molecule is CC(C)c1cc(NCC(C)(C)C)no1. The highest BCUT2D eigenvalue weighted by Crippen LogP contribution is 2.19. The fraction of sp³-hybridized carbons (Fsp3) is 0.727. The molecule has 0 saturated heterocycles. The summed E-state index contributed by atoms with van der Waals surface area (Å²) in [5, 5.41) is 7.21. The molecule has 1 N–H and O–H groups in total. The maximum absolute atomic E-state index is 5.18. The summed E-state index contributed by atoms with van der Waals surface area (Å²) in [6.07, 6.45) is 0. The first kappa shape index (κ1) is 11.1. The molecule has 80 valence electrons. The molecule has 0 aliphatic carbocycles. The molecule has 14 heavy (non-hydrogen) atoms. The van der Waals surface area contributed by atoms with Gasteiger partial charge >= 0.3 is 0 Å². The minimum Gasteiger partial charge on any atom is -0.367 e. The van der Waals surface area contributed by atoms with Crippen molar-refractivity contribution in [3.8, 4) is 0 Å². The van der Waals surface area contributed by atoms with E-state index in [9.17, 15) is 0 Å². The lowest BCUT2D eigenvalue weighted by molar-refractivity contribution is 0.371. The molecule has 0 bridgehead atoms. The molecule has 0 amide bonds. The van der Waals surface area contributed by atoms with Crippen LogP contribution < -0.4 is 5.32 Å². The highest BCUT2D eigenvalue weighted by atomic mass is 16.5. The Hall–Kier alpha value is -0.990. The van der Waals surface area contributed by atoms with Crippen LogP contribution in [0, 0.1) is 5.41 Å². The van der Waals surface area contributed by atoms with E-state index >= 15 is 0 Å². The Kier molecular flexibility index (Phi) is 3.19. The van der Waals surface area contributed by atoms with Crippen molar-refractivity contribution in [2.75, 3.05) is 11.9 Å². The normalized spacial score (nSPS) is 12.1. The Morgan fingerprint density at radius 3 is 2.50 bits per heavy atom. The van der Waals surface area contributed by atoms with Crippen molar-refractivity contribution in [3.63, 3.8) is 0 Å². The third-order valence-electron chi connectivity index (χ3n) is 1.90. The molecule has 0 aromatic carbocycles. The molecule has 0 radical (unpaired) electrons. The van der Waals surface area contributed by atoms with Crippen LogP contribution in [0.5, 0.6) is 0 Å². The first-order valence-corrected chi connectivity index (χ1v) is 5.09. The lowest BCUT2D eigenvalue weighted by Crippen LogP contribution is -2.19. The molecule has 0 aliphatic rings. The summed E-state index contributed by atoms with van der Waals surface area (Å²) in [6.45, 7) is 11.6. The van der Waals surface area contributed by atoms with Gasteiger partial charge in [-0.05, 0) is 5.41 Å². The van der Waals surface area contributed by atoms with Crippen LogP contribution in [0.4, 0.5) is 5.82 Å². The first-order valence-electron chi connectivity index (χ1n) is 5.09. The van der Waals surface area contributed by atoms with E-state index in [4.69, 9.17) is 4.52 Å². The number of rotatable bonds is 3. The molecule has 0 saturated carbocycles. The molecule has 0 atom stereocenters. The number of nitrogens with one attached hydrogen (secondary N) is 1. The molecule has 0 spiro atoms. The highest BCUT2D eigenvalue weighted by Gasteiger charge is 2.12.